The first kappa shape index (κ1) is 10.5. The quantitative estimate of drug-likeness (QED) is 0.797. The topological polar surface area (TPSA) is 51.2 Å². The van der Waals surface area contributed by atoms with Crippen LogP contribution in [-0.2, 0) is 11.3 Å². The van der Waals surface area contributed by atoms with Gasteiger partial charge in [-0.25, -0.2) is 4.79 Å². The molecule has 0 bridgehead atoms. The van der Waals surface area contributed by atoms with Gasteiger partial charge in [0.1, 0.15) is 0 Å². The number of hydrogen-bond donors (Lipinski definition) is 1. The predicted octanol–water partition coefficient (Wildman–Crippen LogP) is 1.72. The van der Waals surface area contributed by atoms with Crippen LogP contribution in [0.2, 0.25) is 0 Å². The molecule has 1 rings (SSSR count). The molecule has 76 valence electrons. The number of pyridine rings is 1. The highest BCUT2D eigenvalue weighted by Crippen LogP contribution is 1.95. The number of carbonyl (C=O) groups is 1. The molecule has 4 heteroatoms. The fourth-order valence-electron chi connectivity index (χ4n) is 0.933. The highest BCUT2D eigenvalue weighted by Gasteiger charge is 2.03. The second-order valence-electron chi connectivity index (χ2n) is 3.17. The van der Waals surface area contributed by atoms with E-state index < -0.39 is 6.09 Å². The molecule has 0 aliphatic heterocycles. The number of hydrogen-bond acceptors (Lipinski definition) is 3. The molecule has 0 atom stereocenters. The molecule has 0 saturated heterocycles. The van der Waals surface area contributed by atoms with E-state index in [0.717, 1.165) is 5.56 Å². The van der Waals surface area contributed by atoms with E-state index in [1.807, 2.05) is 26.0 Å². The largest absolute Gasteiger partial charge is 0.447 e. The SMILES string of the molecule is CC(C)OC(=O)NCc1cccnc1. The zero-order chi connectivity index (χ0) is 10.4. The third-order valence-electron chi connectivity index (χ3n) is 1.50. The van der Waals surface area contributed by atoms with Gasteiger partial charge in [-0.3, -0.25) is 4.98 Å². The highest BCUT2D eigenvalue weighted by atomic mass is 16.6. The summed E-state index contributed by atoms with van der Waals surface area (Å²) in [5, 5.41) is 2.63. The second-order valence-corrected chi connectivity index (χ2v) is 3.17. The van der Waals surface area contributed by atoms with Crippen molar-refractivity contribution in [2.24, 2.45) is 0 Å². The maximum atomic E-state index is 11.1. The zero-order valence-corrected chi connectivity index (χ0v) is 8.36. The van der Waals surface area contributed by atoms with Gasteiger partial charge in [0, 0.05) is 18.9 Å². The number of nitrogens with one attached hydrogen (secondary N) is 1. The van der Waals surface area contributed by atoms with Crippen molar-refractivity contribution in [3.63, 3.8) is 0 Å². The van der Waals surface area contributed by atoms with Crippen LogP contribution in [0.5, 0.6) is 0 Å². The van der Waals surface area contributed by atoms with E-state index in [4.69, 9.17) is 4.74 Å². The number of aromatic nitrogens is 1. The summed E-state index contributed by atoms with van der Waals surface area (Å²) >= 11 is 0. The Labute approximate surface area is 83.3 Å². The van der Waals surface area contributed by atoms with Gasteiger partial charge in [0.15, 0.2) is 0 Å². The van der Waals surface area contributed by atoms with Crippen molar-refractivity contribution in [2.45, 2.75) is 26.5 Å². The van der Waals surface area contributed by atoms with Gasteiger partial charge in [-0.2, -0.15) is 0 Å². The van der Waals surface area contributed by atoms with E-state index in [0.29, 0.717) is 6.54 Å². The van der Waals surface area contributed by atoms with Crippen molar-refractivity contribution < 1.29 is 9.53 Å². The number of alkyl carbamates (subject to hydrolysis) is 1. The van der Waals surface area contributed by atoms with Crippen LogP contribution in [0.15, 0.2) is 24.5 Å². The monoisotopic (exact) mass is 194 g/mol. The zero-order valence-electron chi connectivity index (χ0n) is 8.36. The second kappa shape index (κ2) is 5.21. The van der Waals surface area contributed by atoms with Gasteiger partial charge in [-0.1, -0.05) is 6.07 Å². The van der Waals surface area contributed by atoms with Crippen molar-refractivity contribution in [3.8, 4) is 0 Å². The van der Waals surface area contributed by atoms with Gasteiger partial charge < -0.3 is 10.1 Å². The number of rotatable bonds is 3. The van der Waals surface area contributed by atoms with E-state index in [-0.39, 0.29) is 6.10 Å². The Morgan fingerprint density at radius 1 is 1.64 bits per heavy atom. The molecule has 0 radical (unpaired) electrons. The average Bonchev–Trinajstić information content (AvgIpc) is 2.15. The Bertz CT molecular complexity index is 285. The Balaban J connectivity index is 2.31. The molecule has 0 aliphatic carbocycles. The Morgan fingerprint density at radius 3 is 3.00 bits per heavy atom. The molecular formula is C10H14N2O2. The molecule has 1 amide bonds. The maximum Gasteiger partial charge on any atom is 0.407 e. The first-order valence-electron chi connectivity index (χ1n) is 4.52. The van der Waals surface area contributed by atoms with E-state index in [1.54, 1.807) is 12.4 Å². The van der Waals surface area contributed by atoms with Crippen LogP contribution in [0.4, 0.5) is 4.79 Å². The Kier molecular flexibility index (Phi) is 3.91. The van der Waals surface area contributed by atoms with Crippen LogP contribution in [-0.4, -0.2) is 17.2 Å². The maximum absolute atomic E-state index is 11.1. The van der Waals surface area contributed by atoms with E-state index >= 15 is 0 Å². The lowest BCUT2D eigenvalue weighted by atomic mass is 10.3. The molecule has 0 aromatic carbocycles. The first-order chi connectivity index (χ1) is 6.68. The number of amides is 1. The molecule has 4 nitrogen and oxygen atoms in total. The molecule has 0 aliphatic rings. The molecule has 0 unspecified atom stereocenters. The standard InChI is InChI=1S/C10H14N2O2/c1-8(2)14-10(13)12-7-9-4-3-5-11-6-9/h3-6,8H,7H2,1-2H3,(H,12,13). The van der Waals surface area contributed by atoms with Crippen LogP contribution >= 0.6 is 0 Å². The summed E-state index contributed by atoms with van der Waals surface area (Å²) in [6.07, 6.45) is 2.90. The molecule has 1 heterocycles. The van der Waals surface area contributed by atoms with Gasteiger partial charge in [0.05, 0.1) is 6.10 Å². The lowest BCUT2D eigenvalue weighted by molar-refractivity contribution is 0.115. The number of ether oxygens (including phenoxy) is 1. The summed E-state index contributed by atoms with van der Waals surface area (Å²) in [7, 11) is 0. The van der Waals surface area contributed by atoms with Crippen molar-refractivity contribution in [2.75, 3.05) is 0 Å². The minimum absolute atomic E-state index is 0.0936. The van der Waals surface area contributed by atoms with Crippen molar-refractivity contribution in [3.05, 3.63) is 30.1 Å². The fraction of sp³-hybridized carbons (Fsp3) is 0.400. The molecule has 1 aromatic heterocycles. The van der Waals surface area contributed by atoms with Gasteiger partial charge in [-0.05, 0) is 25.5 Å². The highest BCUT2D eigenvalue weighted by molar-refractivity contribution is 5.67. The van der Waals surface area contributed by atoms with E-state index in [9.17, 15) is 4.79 Å². The summed E-state index contributed by atoms with van der Waals surface area (Å²) in [4.78, 5) is 15.0. The van der Waals surface area contributed by atoms with Gasteiger partial charge in [-0.15, -0.1) is 0 Å². The van der Waals surface area contributed by atoms with Crippen molar-refractivity contribution in [1.29, 1.82) is 0 Å². The Hall–Kier alpha value is -1.58. The van der Waals surface area contributed by atoms with Crippen molar-refractivity contribution >= 4 is 6.09 Å². The van der Waals surface area contributed by atoms with Crippen LogP contribution < -0.4 is 5.32 Å². The van der Waals surface area contributed by atoms with Crippen LogP contribution in [0.1, 0.15) is 19.4 Å². The summed E-state index contributed by atoms with van der Waals surface area (Å²) < 4.78 is 4.90. The number of carbonyl (C=O) groups excluding carboxylic acids is 1. The van der Waals surface area contributed by atoms with Crippen LogP contribution in [0.3, 0.4) is 0 Å². The number of nitrogens with zero attached hydrogens (tertiary/aromatic N) is 1. The molecule has 1 aromatic rings. The molecule has 14 heavy (non-hydrogen) atoms. The first-order valence-corrected chi connectivity index (χ1v) is 4.52. The summed E-state index contributed by atoms with van der Waals surface area (Å²) in [5.74, 6) is 0. The molecule has 0 spiro atoms. The van der Waals surface area contributed by atoms with Crippen molar-refractivity contribution in [1.82, 2.24) is 10.3 Å². The molecule has 0 saturated carbocycles. The summed E-state index contributed by atoms with van der Waals surface area (Å²) in [5.41, 5.74) is 0.952. The molecule has 1 N–H and O–H groups in total. The van der Waals surface area contributed by atoms with Gasteiger partial charge in [0.25, 0.3) is 0 Å². The van der Waals surface area contributed by atoms with Gasteiger partial charge >= 0.3 is 6.09 Å². The minimum Gasteiger partial charge on any atom is -0.447 e. The van der Waals surface area contributed by atoms with Gasteiger partial charge in [0.2, 0.25) is 0 Å². The summed E-state index contributed by atoms with van der Waals surface area (Å²) in [6.45, 7) is 4.06. The van der Waals surface area contributed by atoms with E-state index in [1.165, 1.54) is 0 Å². The third-order valence-corrected chi connectivity index (χ3v) is 1.50. The minimum atomic E-state index is -0.399. The lowest BCUT2D eigenvalue weighted by Gasteiger charge is -2.08. The lowest BCUT2D eigenvalue weighted by Crippen LogP contribution is -2.26. The third kappa shape index (κ3) is 3.89. The Morgan fingerprint density at radius 2 is 2.43 bits per heavy atom. The molecule has 0 fully saturated rings. The van der Waals surface area contributed by atoms with Crippen LogP contribution in [0.25, 0.3) is 0 Å². The summed E-state index contributed by atoms with van der Waals surface area (Å²) in [6, 6.07) is 3.72. The average molecular weight is 194 g/mol. The smallest absolute Gasteiger partial charge is 0.407 e. The van der Waals surface area contributed by atoms with E-state index in [2.05, 4.69) is 10.3 Å². The molecular weight excluding hydrogens is 180 g/mol. The predicted molar refractivity (Wildman–Crippen MR) is 52.7 cm³/mol. The van der Waals surface area contributed by atoms with Crippen LogP contribution in [0, 0.1) is 0 Å². The fourth-order valence-corrected chi connectivity index (χ4v) is 0.933. The normalized spacial score (nSPS) is 9.93.